The monoisotopic (exact) mass is 740 g/mol. The number of rotatable bonds is 5. The quantitative estimate of drug-likeness (QED) is 0.164. The molecule has 0 unspecified atom stereocenters. The Bertz CT molecular complexity index is 3460. The van der Waals surface area contributed by atoms with Crippen LogP contribution in [0.25, 0.3) is 104 Å². The number of hydrogen-bond donors (Lipinski definition) is 0. The molecule has 0 bridgehead atoms. The van der Waals surface area contributed by atoms with Crippen molar-refractivity contribution in [3.05, 3.63) is 194 Å². The van der Waals surface area contributed by atoms with Gasteiger partial charge in [0, 0.05) is 6.42 Å². The number of fused-ring (bicyclic) bond motifs is 6. The summed E-state index contributed by atoms with van der Waals surface area (Å²) in [4.78, 5) is 4.90. The molecule has 0 radical (unpaired) electrons. The molecule has 0 aliphatic carbocycles. The summed E-state index contributed by atoms with van der Waals surface area (Å²) < 4.78 is 8.77. The van der Waals surface area contributed by atoms with Gasteiger partial charge in [-0.3, -0.25) is 4.57 Å². The van der Waals surface area contributed by atoms with Gasteiger partial charge in [0.15, 0.2) is 11.5 Å². The Kier molecular flexibility index (Phi) is 7.21. The largest absolute Gasteiger partial charge is 0.453 e. The molecule has 58 heavy (non-hydrogen) atoms. The topological polar surface area (TPSA) is 27.1 Å². The molecular formula is C55H36N2O. The summed E-state index contributed by atoms with van der Waals surface area (Å²) in [5, 5.41) is 9.97. The van der Waals surface area contributed by atoms with Gasteiger partial charge in [0.2, 0.25) is 0 Å². The predicted molar refractivity (Wildman–Crippen MR) is 242 cm³/mol. The van der Waals surface area contributed by atoms with Crippen LogP contribution in [0.15, 0.2) is 188 Å². The highest BCUT2D eigenvalue weighted by molar-refractivity contribution is 6.22. The summed E-state index contributed by atoms with van der Waals surface area (Å²) in [6, 6.07) is 68.7. The Morgan fingerprint density at radius 3 is 1.60 bits per heavy atom. The van der Waals surface area contributed by atoms with Crippen LogP contribution in [0.5, 0.6) is 11.5 Å². The minimum absolute atomic E-state index is 0.844. The zero-order chi connectivity index (χ0) is 38.3. The van der Waals surface area contributed by atoms with E-state index < -0.39 is 0 Å². The van der Waals surface area contributed by atoms with Crippen molar-refractivity contribution in [2.75, 3.05) is 0 Å². The number of aromatic nitrogens is 2. The van der Waals surface area contributed by atoms with E-state index in [-0.39, 0.29) is 0 Å². The number of para-hydroxylation sites is 1. The average molecular weight is 741 g/mol. The zero-order valence-corrected chi connectivity index (χ0v) is 31.9. The smallest absolute Gasteiger partial charge is 0.153 e. The van der Waals surface area contributed by atoms with Crippen LogP contribution in [0.4, 0.5) is 0 Å². The van der Waals surface area contributed by atoms with Gasteiger partial charge >= 0.3 is 0 Å². The lowest BCUT2D eigenvalue weighted by Crippen LogP contribution is -2.07. The Morgan fingerprint density at radius 2 is 0.948 bits per heavy atom. The van der Waals surface area contributed by atoms with Gasteiger partial charge in [0.25, 0.3) is 0 Å². The third kappa shape index (κ3) is 5.03. The highest BCUT2D eigenvalue weighted by atomic mass is 16.5. The predicted octanol–water partition coefficient (Wildman–Crippen LogP) is 15.0. The molecule has 3 heteroatoms. The number of nitrogens with zero attached hydrogens (tertiary/aromatic N) is 2. The van der Waals surface area contributed by atoms with E-state index in [1.54, 1.807) is 0 Å². The average Bonchev–Trinajstić information content (AvgIpc) is 3.67. The maximum Gasteiger partial charge on any atom is 0.153 e. The first kappa shape index (κ1) is 32.7. The number of benzene rings is 10. The molecule has 1 aliphatic heterocycles. The van der Waals surface area contributed by atoms with Crippen LogP contribution >= 0.6 is 0 Å². The molecule has 1 aromatic heterocycles. The van der Waals surface area contributed by atoms with Crippen molar-refractivity contribution in [3.63, 3.8) is 0 Å². The van der Waals surface area contributed by atoms with Gasteiger partial charge in [0.1, 0.15) is 11.3 Å². The molecule has 0 amide bonds. The van der Waals surface area contributed by atoms with Crippen LogP contribution < -0.4 is 4.74 Å². The molecular weight excluding hydrogens is 705 g/mol. The van der Waals surface area contributed by atoms with Crippen molar-refractivity contribution in [2.45, 2.75) is 13.3 Å². The SMILES string of the molecule is CCc1nc2cccc3c2n1-c1ccc(-c2ccc(-c4ccc5c(-c6ccc7ccccc7c6)c6ccccc6c(-c6ccc7ccccc7c6)c5c4)cc2)cc1O3. The van der Waals surface area contributed by atoms with Crippen LogP contribution in [0.3, 0.4) is 0 Å². The van der Waals surface area contributed by atoms with E-state index in [1.165, 1.54) is 76.5 Å². The van der Waals surface area contributed by atoms with Gasteiger partial charge < -0.3 is 4.74 Å². The fourth-order valence-corrected chi connectivity index (χ4v) is 9.33. The maximum atomic E-state index is 6.51. The lowest BCUT2D eigenvalue weighted by Gasteiger charge is -2.21. The lowest BCUT2D eigenvalue weighted by atomic mass is 9.84. The second-order valence-corrected chi connectivity index (χ2v) is 15.4. The number of ether oxygens (including phenoxy) is 1. The van der Waals surface area contributed by atoms with Gasteiger partial charge in [-0.2, -0.15) is 0 Å². The summed E-state index contributed by atoms with van der Waals surface area (Å²) in [5.74, 6) is 2.74. The first-order chi connectivity index (χ1) is 28.7. The van der Waals surface area contributed by atoms with Gasteiger partial charge in [0.05, 0.1) is 11.2 Å². The van der Waals surface area contributed by atoms with Crippen molar-refractivity contribution in [2.24, 2.45) is 0 Å². The fraction of sp³-hybridized carbons (Fsp3) is 0.0364. The van der Waals surface area contributed by atoms with Crippen LogP contribution in [0.1, 0.15) is 12.7 Å². The highest BCUT2D eigenvalue weighted by Gasteiger charge is 2.24. The van der Waals surface area contributed by atoms with Crippen LogP contribution in [-0.4, -0.2) is 9.55 Å². The zero-order valence-electron chi connectivity index (χ0n) is 31.9. The fourth-order valence-electron chi connectivity index (χ4n) is 9.33. The molecule has 0 atom stereocenters. The minimum Gasteiger partial charge on any atom is -0.453 e. The van der Waals surface area contributed by atoms with Crippen molar-refractivity contribution in [3.8, 4) is 61.7 Å². The summed E-state index contributed by atoms with van der Waals surface area (Å²) in [5.41, 5.74) is 12.6. The summed E-state index contributed by atoms with van der Waals surface area (Å²) in [6.07, 6.45) is 0.844. The van der Waals surface area contributed by atoms with Crippen molar-refractivity contribution >= 4 is 54.1 Å². The third-order valence-electron chi connectivity index (χ3n) is 12.1. The van der Waals surface area contributed by atoms with Gasteiger partial charge in [-0.05, 0) is 130 Å². The molecule has 3 nitrogen and oxygen atoms in total. The van der Waals surface area contributed by atoms with Gasteiger partial charge in [-0.25, -0.2) is 4.98 Å². The Hall–Kier alpha value is -7.49. The molecule has 0 spiro atoms. The molecule has 1 aliphatic rings. The Balaban J connectivity index is 1.01. The van der Waals surface area contributed by atoms with Gasteiger partial charge in [-0.15, -0.1) is 0 Å². The minimum atomic E-state index is 0.844. The van der Waals surface area contributed by atoms with Crippen molar-refractivity contribution in [1.29, 1.82) is 0 Å². The third-order valence-corrected chi connectivity index (χ3v) is 12.1. The Labute approximate surface area is 336 Å². The summed E-state index contributed by atoms with van der Waals surface area (Å²) in [6.45, 7) is 2.15. The van der Waals surface area contributed by atoms with E-state index >= 15 is 0 Å². The first-order valence-corrected chi connectivity index (χ1v) is 20.1. The second-order valence-electron chi connectivity index (χ2n) is 15.4. The molecule has 272 valence electrons. The summed E-state index contributed by atoms with van der Waals surface area (Å²) in [7, 11) is 0. The Morgan fingerprint density at radius 1 is 0.414 bits per heavy atom. The van der Waals surface area contributed by atoms with Crippen LogP contribution in [0, 0.1) is 0 Å². The van der Waals surface area contributed by atoms with E-state index in [0.717, 1.165) is 51.6 Å². The van der Waals surface area contributed by atoms with E-state index in [2.05, 4.69) is 187 Å². The van der Waals surface area contributed by atoms with Crippen molar-refractivity contribution < 1.29 is 4.74 Å². The maximum absolute atomic E-state index is 6.51. The van der Waals surface area contributed by atoms with E-state index in [1.807, 2.05) is 12.1 Å². The van der Waals surface area contributed by atoms with E-state index in [4.69, 9.17) is 9.72 Å². The number of hydrogen-bond acceptors (Lipinski definition) is 2. The molecule has 12 rings (SSSR count). The standard InChI is InChI=1S/C55H36N2O/c1-2-52-56-48-16-9-17-50-55(48)57(52)49-29-27-41(33-51(49)58-50)37-20-18-36(19-21-37)40-26-28-46-47(32-40)54(43-25-23-35-11-4-6-13-39(35)31-43)45-15-8-7-14-44(45)53(46)42-24-22-34-10-3-5-12-38(34)30-42/h3-33H,2H2,1H3. The van der Waals surface area contributed by atoms with E-state index in [0.29, 0.717) is 0 Å². The number of imidazole rings is 1. The lowest BCUT2D eigenvalue weighted by molar-refractivity contribution is 0.474. The van der Waals surface area contributed by atoms with Crippen LogP contribution in [-0.2, 0) is 6.42 Å². The highest BCUT2D eigenvalue weighted by Crippen LogP contribution is 2.47. The number of aryl methyl sites for hydroxylation is 1. The normalized spacial score (nSPS) is 12.1. The van der Waals surface area contributed by atoms with E-state index in [9.17, 15) is 0 Å². The molecule has 11 aromatic rings. The van der Waals surface area contributed by atoms with Crippen LogP contribution in [0.2, 0.25) is 0 Å². The van der Waals surface area contributed by atoms with Crippen molar-refractivity contribution in [1.82, 2.24) is 9.55 Å². The molecule has 2 heterocycles. The molecule has 0 fully saturated rings. The first-order valence-electron chi connectivity index (χ1n) is 20.1. The molecule has 0 N–H and O–H groups in total. The summed E-state index contributed by atoms with van der Waals surface area (Å²) >= 11 is 0. The molecule has 0 saturated carbocycles. The van der Waals surface area contributed by atoms with Gasteiger partial charge in [-0.1, -0.05) is 153 Å². The molecule has 0 saturated heterocycles. The second kappa shape index (κ2) is 12.8. The molecule has 10 aromatic carbocycles.